The van der Waals surface area contributed by atoms with Gasteiger partial charge in [-0.1, -0.05) is 6.07 Å². The molecule has 26 heavy (non-hydrogen) atoms. The number of ether oxygens (including phenoxy) is 2. The number of carbonyl (C=O) groups excluding carboxylic acids is 1. The maximum absolute atomic E-state index is 13.0. The number of nitrogens with zero attached hydrogens (tertiary/aromatic N) is 1. The highest BCUT2D eigenvalue weighted by atomic mass is 32.2. The molecule has 0 aromatic heterocycles. The first-order valence-corrected chi connectivity index (χ1v) is 9.79. The number of benzene rings is 2. The summed E-state index contributed by atoms with van der Waals surface area (Å²) < 4.78 is 36.4. The number of amides is 1. The van der Waals surface area contributed by atoms with Gasteiger partial charge in [0, 0.05) is 12.1 Å². The van der Waals surface area contributed by atoms with Gasteiger partial charge in [0.05, 0.1) is 30.4 Å². The van der Waals surface area contributed by atoms with Gasteiger partial charge in [0.25, 0.3) is 5.91 Å². The van der Waals surface area contributed by atoms with Gasteiger partial charge in [-0.15, -0.1) is 0 Å². The monoisotopic (exact) mass is 376 g/mol. The molecule has 0 bridgehead atoms. The molecule has 8 heteroatoms. The Hall–Kier alpha value is -2.74. The third-order valence-electron chi connectivity index (χ3n) is 3.90. The van der Waals surface area contributed by atoms with Gasteiger partial charge in [-0.25, -0.2) is 8.42 Å². The first-order chi connectivity index (χ1) is 12.1. The number of rotatable bonds is 4. The molecule has 2 aromatic carbocycles. The topological polar surface area (TPSA) is 84.9 Å². The molecular formula is C18H20N2O5S. The van der Waals surface area contributed by atoms with E-state index in [2.05, 4.69) is 4.72 Å². The number of hydrogen-bond acceptors (Lipinski definition) is 5. The number of hydrogen-bond donors (Lipinski definition) is 1. The lowest BCUT2D eigenvalue weighted by Crippen LogP contribution is -2.50. The number of nitrogens with one attached hydrogen (secondary N) is 1. The molecule has 7 nitrogen and oxygen atoms in total. The van der Waals surface area contributed by atoms with Crippen molar-refractivity contribution >= 4 is 33.0 Å². The minimum absolute atomic E-state index is 0.234. The van der Waals surface area contributed by atoms with E-state index in [1.54, 1.807) is 68.3 Å². The Balaban J connectivity index is 2.12. The number of fused-ring (bicyclic) bond motifs is 1. The van der Waals surface area contributed by atoms with E-state index in [-0.39, 0.29) is 5.91 Å². The van der Waals surface area contributed by atoms with Crippen LogP contribution >= 0.6 is 0 Å². The summed E-state index contributed by atoms with van der Waals surface area (Å²) in [7, 11) is -1.86. The van der Waals surface area contributed by atoms with Crippen molar-refractivity contribution < 1.29 is 22.7 Å². The Kier molecular flexibility index (Phi) is 4.31. The van der Waals surface area contributed by atoms with Crippen molar-refractivity contribution in [1.29, 1.82) is 0 Å². The second kappa shape index (κ2) is 6.21. The summed E-state index contributed by atoms with van der Waals surface area (Å²) in [6.07, 6.45) is 1.07. The maximum Gasteiger partial charge on any atom is 0.275 e. The van der Waals surface area contributed by atoms with E-state index in [1.807, 2.05) is 0 Å². The highest BCUT2D eigenvalue weighted by Gasteiger charge is 2.41. The Morgan fingerprint density at radius 2 is 1.88 bits per heavy atom. The largest absolute Gasteiger partial charge is 0.497 e. The van der Waals surface area contributed by atoms with Gasteiger partial charge in [0.1, 0.15) is 11.5 Å². The van der Waals surface area contributed by atoms with E-state index in [9.17, 15) is 13.2 Å². The molecule has 1 amide bonds. The summed E-state index contributed by atoms with van der Waals surface area (Å²) in [4.78, 5) is 14.5. The number of anilines is 3. The highest BCUT2D eigenvalue weighted by molar-refractivity contribution is 7.92. The summed E-state index contributed by atoms with van der Waals surface area (Å²) in [5.74, 6) is 0.796. The zero-order valence-corrected chi connectivity index (χ0v) is 15.8. The summed E-state index contributed by atoms with van der Waals surface area (Å²) in [5, 5.41) is 0. The predicted molar refractivity (Wildman–Crippen MR) is 99.8 cm³/mol. The molecular weight excluding hydrogens is 356 g/mol. The highest BCUT2D eigenvalue weighted by Crippen LogP contribution is 2.43. The van der Waals surface area contributed by atoms with E-state index < -0.39 is 15.6 Å². The van der Waals surface area contributed by atoms with Crippen LogP contribution < -0.4 is 19.1 Å². The van der Waals surface area contributed by atoms with Crippen LogP contribution in [0, 0.1) is 0 Å². The SMILES string of the molecule is COc1cccc(N2C(=O)C(C)(C)Oc3cc(NS(C)(=O)=O)ccc32)c1. The summed E-state index contributed by atoms with van der Waals surface area (Å²) in [6, 6.07) is 11.9. The third-order valence-corrected chi connectivity index (χ3v) is 4.51. The fourth-order valence-corrected chi connectivity index (χ4v) is 3.32. The summed E-state index contributed by atoms with van der Waals surface area (Å²) in [6.45, 7) is 3.34. The van der Waals surface area contributed by atoms with E-state index in [0.29, 0.717) is 28.6 Å². The third kappa shape index (κ3) is 3.45. The quantitative estimate of drug-likeness (QED) is 0.887. The number of methoxy groups -OCH3 is 1. The number of sulfonamides is 1. The van der Waals surface area contributed by atoms with Gasteiger partial charge in [-0.3, -0.25) is 14.4 Å². The van der Waals surface area contributed by atoms with Crippen LogP contribution in [0.2, 0.25) is 0 Å². The van der Waals surface area contributed by atoms with Gasteiger partial charge in [-0.05, 0) is 38.1 Å². The van der Waals surface area contributed by atoms with E-state index in [1.165, 1.54) is 0 Å². The predicted octanol–water partition coefficient (Wildman–Crippen LogP) is 2.90. The van der Waals surface area contributed by atoms with Crippen molar-refractivity contribution in [1.82, 2.24) is 0 Å². The zero-order valence-electron chi connectivity index (χ0n) is 14.9. The van der Waals surface area contributed by atoms with Gasteiger partial charge in [-0.2, -0.15) is 0 Å². The second-order valence-corrected chi connectivity index (χ2v) is 8.26. The van der Waals surface area contributed by atoms with E-state index in [0.717, 1.165) is 6.26 Å². The zero-order chi connectivity index (χ0) is 19.1. The molecule has 0 fully saturated rings. The molecule has 1 aliphatic rings. The molecule has 0 atom stereocenters. The molecule has 0 saturated heterocycles. The molecule has 138 valence electrons. The smallest absolute Gasteiger partial charge is 0.275 e. The van der Waals surface area contributed by atoms with Crippen LogP contribution in [0.1, 0.15) is 13.8 Å². The Labute approximate surface area is 152 Å². The lowest BCUT2D eigenvalue weighted by molar-refractivity contribution is -0.131. The molecule has 1 aliphatic heterocycles. The normalized spacial score (nSPS) is 15.8. The Morgan fingerprint density at radius 3 is 2.54 bits per heavy atom. The van der Waals surface area contributed by atoms with Crippen LogP contribution in [0.15, 0.2) is 42.5 Å². The van der Waals surface area contributed by atoms with Gasteiger partial charge < -0.3 is 9.47 Å². The van der Waals surface area contributed by atoms with Crippen LogP contribution in [0.4, 0.5) is 17.1 Å². The number of carbonyl (C=O) groups is 1. The Bertz CT molecular complexity index is 969. The second-order valence-electron chi connectivity index (χ2n) is 6.51. The van der Waals surface area contributed by atoms with Crippen LogP contribution in [0.3, 0.4) is 0 Å². The summed E-state index contributed by atoms with van der Waals surface area (Å²) in [5.41, 5.74) is 0.416. The van der Waals surface area contributed by atoms with Crippen LogP contribution in [0.5, 0.6) is 11.5 Å². The molecule has 2 aromatic rings. The molecule has 0 spiro atoms. The Morgan fingerprint density at radius 1 is 1.15 bits per heavy atom. The summed E-state index contributed by atoms with van der Waals surface area (Å²) >= 11 is 0. The van der Waals surface area contributed by atoms with Crippen molar-refractivity contribution in [2.24, 2.45) is 0 Å². The van der Waals surface area contributed by atoms with Crippen molar-refractivity contribution in [3.05, 3.63) is 42.5 Å². The minimum atomic E-state index is -3.42. The lowest BCUT2D eigenvalue weighted by Gasteiger charge is -2.39. The van der Waals surface area contributed by atoms with E-state index in [4.69, 9.17) is 9.47 Å². The average molecular weight is 376 g/mol. The average Bonchev–Trinajstić information content (AvgIpc) is 2.54. The lowest BCUT2D eigenvalue weighted by atomic mass is 10.0. The van der Waals surface area contributed by atoms with Gasteiger partial charge >= 0.3 is 0 Å². The van der Waals surface area contributed by atoms with E-state index >= 15 is 0 Å². The van der Waals surface area contributed by atoms with Crippen molar-refractivity contribution in [2.75, 3.05) is 23.0 Å². The van der Waals surface area contributed by atoms with Crippen molar-refractivity contribution in [3.8, 4) is 11.5 Å². The molecule has 0 saturated carbocycles. The van der Waals surface area contributed by atoms with Gasteiger partial charge in [0.15, 0.2) is 5.60 Å². The molecule has 0 unspecified atom stereocenters. The fraction of sp³-hybridized carbons (Fsp3) is 0.278. The van der Waals surface area contributed by atoms with Crippen LogP contribution in [-0.2, 0) is 14.8 Å². The molecule has 1 N–H and O–H groups in total. The molecule has 3 rings (SSSR count). The van der Waals surface area contributed by atoms with Gasteiger partial charge in [0.2, 0.25) is 10.0 Å². The molecule has 0 radical (unpaired) electrons. The van der Waals surface area contributed by atoms with Crippen LogP contribution in [-0.4, -0.2) is 33.3 Å². The minimum Gasteiger partial charge on any atom is -0.497 e. The molecule has 1 heterocycles. The van der Waals surface area contributed by atoms with Crippen molar-refractivity contribution in [3.63, 3.8) is 0 Å². The standard InChI is InChI=1S/C18H20N2O5S/c1-18(2)17(21)20(13-6-5-7-14(11-13)24-3)15-9-8-12(10-16(15)25-18)19-26(4,22)23/h5-11,19H,1-4H3. The maximum atomic E-state index is 13.0. The molecule has 0 aliphatic carbocycles. The first-order valence-electron chi connectivity index (χ1n) is 7.90. The van der Waals surface area contributed by atoms with Crippen LogP contribution in [0.25, 0.3) is 0 Å². The fourth-order valence-electron chi connectivity index (χ4n) is 2.76. The first kappa shape index (κ1) is 18.1. The van der Waals surface area contributed by atoms with Crippen molar-refractivity contribution in [2.45, 2.75) is 19.4 Å².